The summed E-state index contributed by atoms with van der Waals surface area (Å²) in [6.45, 7) is 4.18. The van der Waals surface area contributed by atoms with Crippen LogP contribution in [0.15, 0.2) is 76.5 Å². The third-order valence-corrected chi connectivity index (χ3v) is 16.2. The highest BCUT2D eigenvalue weighted by atomic mass is 31.3. The minimum atomic E-state index is -5.83. The van der Waals surface area contributed by atoms with Gasteiger partial charge in [-0.25, -0.2) is 23.3 Å². The Bertz CT molecular complexity index is 2420. The van der Waals surface area contributed by atoms with Gasteiger partial charge in [0.2, 0.25) is 0 Å². The third kappa shape index (κ3) is 27.7. The van der Waals surface area contributed by atoms with Gasteiger partial charge in [0, 0.05) is 18.2 Å². The van der Waals surface area contributed by atoms with Crippen molar-refractivity contribution < 1.29 is 74.2 Å². The van der Waals surface area contributed by atoms with Crippen LogP contribution >= 0.6 is 23.5 Å². The number of H-pyrrole nitrogens is 1. The van der Waals surface area contributed by atoms with Crippen LogP contribution in [0.25, 0.3) is 0 Å². The van der Waals surface area contributed by atoms with Crippen molar-refractivity contribution in [2.45, 2.75) is 181 Å². The molecule has 25 heteroatoms. The van der Waals surface area contributed by atoms with Crippen molar-refractivity contribution in [1.82, 2.24) is 21.9 Å². The number of nitrogens with one attached hydrogen (secondary N) is 1. The fraction of sp³-hybridized carbons (Fsp3) is 0.600. The molecular weight excluding hydrogens is 1040 g/mol. The fourth-order valence-electron chi connectivity index (χ4n) is 7.49. The molecule has 2 heterocycles. The Morgan fingerprint density at radius 2 is 1.11 bits per heavy atom. The molecule has 1 aromatic heterocycles. The Morgan fingerprint density at radius 3 is 1.63 bits per heavy atom. The van der Waals surface area contributed by atoms with Gasteiger partial charge in [0.1, 0.15) is 17.6 Å². The number of rotatable bonds is 38. The fourth-order valence-corrected chi connectivity index (χ4v) is 11.5. The summed E-state index contributed by atoms with van der Waals surface area (Å²) in [6, 6.07) is 11.6. The number of hydrogen-bond donors (Lipinski definition) is 5. The highest BCUT2D eigenvalue weighted by molar-refractivity contribution is 7.67. The topological polar surface area (TPSA) is 334 Å². The van der Waals surface area contributed by atoms with E-state index in [4.69, 9.17) is 36.8 Å². The first-order valence-corrected chi connectivity index (χ1v) is 29.9. The molecule has 0 saturated carbocycles. The maximum atomic E-state index is 14.0. The molecule has 0 aliphatic carbocycles. The number of nitrogens with zero attached hydrogens (tertiary/aromatic N) is 1. The normalized spacial score (nSPS) is 16.4. The number of phosphoric ester groups is 2. The molecule has 75 heavy (non-hydrogen) atoms. The van der Waals surface area contributed by atoms with Crippen LogP contribution in [0.3, 0.4) is 0 Å². The lowest BCUT2D eigenvalue weighted by atomic mass is 10.0. The number of ether oxygens (including phenoxy) is 4. The highest BCUT2D eigenvalue weighted by Gasteiger charge is 2.44. The predicted molar refractivity (Wildman–Crippen MR) is 283 cm³/mol. The molecule has 9 N–H and O–H groups in total. The van der Waals surface area contributed by atoms with Gasteiger partial charge in [0.25, 0.3) is 5.56 Å². The summed E-state index contributed by atoms with van der Waals surface area (Å²) in [7, 11) is -16.5. The van der Waals surface area contributed by atoms with Gasteiger partial charge in [-0.1, -0.05) is 160 Å². The van der Waals surface area contributed by atoms with Crippen molar-refractivity contribution in [3.8, 4) is 11.5 Å². The number of carbonyl (C=O) groups excluding carboxylic acids is 2. The van der Waals surface area contributed by atoms with E-state index in [2.05, 4.69) is 23.1 Å². The molecule has 0 bridgehead atoms. The largest absolute Gasteiger partial charge is 0.513 e. The second-order valence-corrected chi connectivity index (χ2v) is 22.7. The second-order valence-electron chi connectivity index (χ2n) is 17.9. The number of benzene rings is 2. The summed E-state index contributed by atoms with van der Waals surface area (Å²) >= 11 is 0. The number of aryl methyl sites for hydroxylation is 1. The van der Waals surface area contributed by atoms with Crippen LogP contribution in [0.1, 0.15) is 172 Å². The molecule has 0 saturated heterocycles. The number of carbonyl (C=O) groups is 2. The average Bonchev–Trinajstić information content (AvgIpc) is 3.82. The molecule has 4 rings (SSSR count). The van der Waals surface area contributed by atoms with Crippen molar-refractivity contribution in [2.75, 3.05) is 13.2 Å². The molecule has 424 valence electrons. The lowest BCUT2D eigenvalue weighted by molar-refractivity contribution is -0.134. The zero-order valence-corrected chi connectivity index (χ0v) is 46.5. The lowest BCUT2D eigenvalue weighted by Crippen LogP contribution is -2.33. The Hall–Kier alpha value is -4.11. The highest BCUT2D eigenvalue weighted by Crippen LogP contribution is 2.69. The maximum Gasteiger partial charge on any atom is 0.513 e. The van der Waals surface area contributed by atoms with Gasteiger partial charge in [0.15, 0.2) is 6.23 Å². The second kappa shape index (κ2) is 36.1. The van der Waals surface area contributed by atoms with E-state index < -0.39 is 79.0 Å². The molecule has 2 aromatic carbocycles. The lowest BCUT2D eigenvalue weighted by Gasteiger charge is -2.22. The molecule has 0 radical (unpaired) electrons. The number of aromatic amines is 1. The van der Waals surface area contributed by atoms with Gasteiger partial charge in [-0.15, -0.1) is 0 Å². The first kappa shape index (κ1) is 67.0. The summed E-state index contributed by atoms with van der Waals surface area (Å²) in [5.41, 5.74) is -0.521. The van der Waals surface area contributed by atoms with E-state index in [0.717, 1.165) is 55.9 Å². The predicted octanol–water partition coefficient (Wildman–Crippen LogP) is 13.1. The molecule has 3 unspecified atom stereocenters. The van der Waals surface area contributed by atoms with Crippen LogP contribution in [0.4, 0.5) is 4.79 Å². The SMILES string of the molecule is CCCCCCCCCCCCCCCCOC(=O)Oc1ccc(COP(=O)(OCc2ccc(OC(=O)CCCCCCCC)cc2)OP(=O)(O)OP(=O)(O)OC[C@@H]2C=C[C@H](n3cc(C)c(=O)[nH]c3=O)O2)cc1.N.N. The molecule has 1 aliphatic heterocycles. The molecule has 0 amide bonds. The van der Waals surface area contributed by atoms with Crippen molar-refractivity contribution in [1.29, 1.82) is 0 Å². The number of aromatic nitrogens is 2. The van der Waals surface area contributed by atoms with Crippen molar-refractivity contribution in [2.24, 2.45) is 0 Å². The van der Waals surface area contributed by atoms with Crippen LogP contribution in [0.5, 0.6) is 11.5 Å². The van der Waals surface area contributed by atoms with Gasteiger partial charge in [-0.05, 0) is 61.2 Å². The van der Waals surface area contributed by atoms with E-state index in [9.17, 15) is 42.7 Å². The summed E-state index contributed by atoms with van der Waals surface area (Å²) < 4.78 is 87.7. The van der Waals surface area contributed by atoms with E-state index in [1.165, 1.54) is 138 Å². The van der Waals surface area contributed by atoms with Gasteiger partial charge < -0.3 is 41.0 Å². The minimum absolute atomic E-state index is 0. The van der Waals surface area contributed by atoms with Crippen molar-refractivity contribution >= 4 is 35.6 Å². The molecule has 1 aliphatic rings. The summed E-state index contributed by atoms with van der Waals surface area (Å²) in [6.07, 6.45) is 24.2. The zero-order valence-electron chi connectivity index (χ0n) is 43.8. The van der Waals surface area contributed by atoms with Crippen LogP contribution in [0, 0.1) is 6.92 Å². The molecule has 0 fully saturated rings. The Kier molecular flexibility index (Phi) is 32.2. The first-order valence-electron chi connectivity index (χ1n) is 25.5. The average molecular weight is 1120 g/mol. The monoisotopic (exact) mass is 1120 g/mol. The Morgan fingerprint density at radius 1 is 0.627 bits per heavy atom. The quantitative estimate of drug-likeness (QED) is 0.00888. The molecule has 5 atom stereocenters. The summed E-state index contributed by atoms with van der Waals surface area (Å²) in [5, 5.41) is 0. The summed E-state index contributed by atoms with van der Waals surface area (Å²) in [5.74, 6) is -0.0374. The molecule has 0 spiro atoms. The minimum Gasteiger partial charge on any atom is -0.434 e. The van der Waals surface area contributed by atoms with Gasteiger partial charge in [0.05, 0.1) is 26.4 Å². The van der Waals surface area contributed by atoms with E-state index in [-0.39, 0.29) is 42.4 Å². The summed E-state index contributed by atoms with van der Waals surface area (Å²) in [4.78, 5) is 72.0. The number of phosphoric acid groups is 3. The van der Waals surface area contributed by atoms with Crippen LogP contribution in [-0.4, -0.2) is 50.8 Å². The van der Waals surface area contributed by atoms with Gasteiger partial charge >= 0.3 is 41.3 Å². The number of hydrogen-bond acceptors (Lipinski definition) is 18. The van der Waals surface area contributed by atoms with E-state index in [0.29, 0.717) is 24.0 Å². The van der Waals surface area contributed by atoms with Gasteiger partial charge in [-0.2, -0.15) is 8.62 Å². The molecule has 22 nitrogen and oxygen atoms in total. The third-order valence-electron chi connectivity index (χ3n) is 11.5. The number of esters is 1. The molecule has 3 aromatic rings. The van der Waals surface area contributed by atoms with Crippen molar-refractivity contribution in [3.05, 3.63) is 104 Å². The van der Waals surface area contributed by atoms with Crippen LogP contribution < -0.4 is 33.0 Å². The maximum absolute atomic E-state index is 14.0. The smallest absolute Gasteiger partial charge is 0.434 e. The van der Waals surface area contributed by atoms with Crippen molar-refractivity contribution in [3.63, 3.8) is 0 Å². The van der Waals surface area contributed by atoms with E-state index in [1.807, 2.05) is 0 Å². The number of unbranched alkanes of at least 4 members (excludes halogenated alkanes) is 18. The van der Waals surface area contributed by atoms with Gasteiger partial charge in [-0.3, -0.25) is 32.7 Å². The van der Waals surface area contributed by atoms with Crippen LogP contribution in [0.2, 0.25) is 0 Å². The molecular formula is C50H81N4O18P3. The van der Waals surface area contributed by atoms with E-state index >= 15 is 0 Å². The Labute approximate surface area is 440 Å². The Balaban J connectivity index is 0.00000963. The standard InChI is InChI=1S/C50H75N2O18P3.2H3N/c1-4-6-8-10-12-13-14-15-16-17-18-19-21-23-35-62-50(56)68-44-31-27-42(28-32-44)38-65-73(61,64-37-41-25-29-43(30-26-41)67-47(53)24-22-20-11-9-7-5-2)70-72(59,60)69-71(57,58)63-39-45-33-34-46(66-45)52-36-40(3)48(54)51-49(52)55;;/h25-34,36,45-46H,4-24,35,37-39H2,1-3H3,(H,57,58)(H,59,60)(H,51,54,55);2*1H3/t45-,46+,73?;;/m0../s1. The first-order chi connectivity index (χ1) is 35.0. The zero-order chi connectivity index (χ0) is 53.0. The van der Waals surface area contributed by atoms with E-state index in [1.54, 1.807) is 0 Å². The van der Waals surface area contributed by atoms with Crippen LogP contribution in [-0.2, 0) is 63.4 Å².